The number of aromatic carboxylic acids is 1. The molecule has 21 heavy (non-hydrogen) atoms. The Balaban J connectivity index is 2.14. The molecule has 2 aromatic heterocycles. The van der Waals surface area contributed by atoms with Crippen molar-refractivity contribution in [1.29, 1.82) is 0 Å². The smallest absolute Gasteiger partial charge is 0.335 e. The summed E-state index contributed by atoms with van der Waals surface area (Å²) in [6, 6.07) is 4.61. The first-order chi connectivity index (χ1) is 9.86. The molecule has 0 amide bonds. The molecule has 0 bridgehead atoms. The molecule has 108 valence electrons. The van der Waals surface area contributed by atoms with Crippen LogP contribution in [0.5, 0.6) is 0 Å². The van der Waals surface area contributed by atoms with E-state index in [0.717, 1.165) is 10.6 Å². The maximum atomic E-state index is 11.0. The summed E-state index contributed by atoms with van der Waals surface area (Å²) >= 11 is 1.22. The summed E-state index contributed by atoms with van der Waals surface area (Å²) < 4.78 is 9.67. The minimum Gasteiger partial charge on any atom is -0.478 e. The number of aromatic nitrogens is 3. The quantitative estimate of drug-likeness (QED) is 0.781. The van der Waals surface area contributed by atoms with E-state index in [2.05, 4.69) is 14.6 Å². The summed E-state index contributed by atoms with van der Waals surface area (Å²) in [6.45, 7) is 6.12. The van der Waals surface area contributed by atoms with E-state index in [0.29, 0.717) is 17.0 Å². The van der Waals surface area contributed by atoms with Gasteiger partial charge in [0.25, 0.3) is 0 Å². The van der Waals surface area contributed by atoms with Gasteiger partial charge in [0.05, 0.1) is 11.3 Å². The summed E-state index contributed by atoms with van der Waals surface area (Å²) in [5, 5.41) is 13.2. The number of fused-ring (bicyclic) bond motifs is 1. The van der Waals surface area contributed by atoms with E-state index in [1.807, 2.05) is 20.8 Å². The highest BCUT2D eigenvalue weighted by Gasteiger charge is 2.26. The number of carbonyl (C=O) groups is 1. The number of oxazole rings is 1. The topological polar surface area (TPSA) is 89.1 Å². The Morgan fingerprint density at radius 3 is 2.76 bits per heavy atom. The summed E-state index contributed by atoms with van der Waals surface area (Å²) in [5.74, 6) is -0.572. The molecule has 3 rings (SSSR count). The Labute approximate surface area is 124 Å². The van der Waals surface area contributed by atoms with E-state index in [1.165, 1.54) is 23.7 Å². The van der Waals surface area contributed by atoms with Gasteiger partial charge < -0.3 is 9.52 Å². The van der Waals surface area contributed by atoms with Crippen LogP contribution in [0.1, 0.15) is 36.8 Å². The van der Waals surface area contributed by atoms with Gasteiger partial charge in [-0.15, -0.1) is 5.10 Å². The van der Waals surface area contributed by atoms with Crippen LogP contribution in [0.25, 0.3) is 21.9 Å². The third-order valence-corrected chi connectivity index (χ3v) is 3.74. The molecule has 7 heteroatoms. The zero-order chi connectivity index (χ0) is 15.2. The minimum atomic E-state index is -0.996. The Bertz CT molecular complexity index is 829. The average molecular weight is 303 g/mol. The van der Waals surface area contributed by atoms with E-state index in [1.54, 1.807) is 6.07 Å². The SMILES string of the molecule is CC(C)(C)c1nnsc1-c1nc2ccc(C(=O)O)cc2o1. The normalized spacial score (nSPS) is 12.0. The van der Waals surface area contributed by atoms with E-state index in [9.17, 15) is 4.79 Å². The van der Waals surface area contributed by atoms with Crippen LogP contribution in [0.3, 0.4) is 0 Å². The lowest BCUT2D eigenvalue weighted by Crippen LogP contribution is -2.13. The van der Waals surface area contributed by atoms with Gasteiger partial charge in [-0.1, -0.05) is 25.3 Å². The lowest BCUT2D eigenvalue weighted by atomic mass is 9.91. The second kappa shape index (κ2) is 4.63. The summed E-state index contributed by atoms with van der Waals surface area (Å²) in [4.78, 5) is 16.2. The van der Waals surface area contributed by atoms with Crippen molar-refractivity contribution in [2.45, 2.75) is 26.2 Å². The van der Waals surface area contributed by atoms with Gasteiger partial charge in [-0.2, -0.15) is 0 Å². The van der Waals surface area contributed by atoms with Gasteiger partial charge in [0.1, 0.15) is 10.4 Å². The van der Waals surface area contributed by atoms with Gasteiger partial charge in [-0.05, 0) is 29.7 Å². The molecule has 0 radical (unpaired) electrons. The molecule has 2 heterocycles. The van der Waals surface area contributed by atoms with Crippen LogP contribution in [0.4, 0.5) is 0 Å². The van der Waals surface area contributed by atoms with E-state index in [-0.39, 0.29) is 11.0 Å². The van der Waals surface area contributed by atoms with Crippen molar-refractivity contribution in [3.8, 4) is 10.8 Å². The van der Waals surface area contributed by atoms with Crippen LogP contribution < -0.4 is 0 Å². The molecule has 0 spiro atoms. The molecule has 0 aliphatic carbocycles. The zero-order valence-corrected chi connectivity index (χ0v) is 12.6. The second-order valence-corrected chi connectivity index (χ2v) is 6.46. The minimum absolute atomic E-state index is 0.170. The molecule has 0 unspecified atom stereocenters. The molecule has 0 fully saturated rings. The van der Waals surface area contributed by atoms with Crippen molar-refractivity contribution in [3.63, 3.8) is 0 Å². The number of nitrogens with zero attached hydrogens (tertiary/aromatic N) is 3. The molecular formula is C14H13N3O3S. The third kappa shape index (κ3) is 2.40. The molecule has 1 aromatic carbocycles. The number of carboxylic acids is 1. The van der Waals surface area contributed by atoms with Gasteiger partial charge >= 0.3 is 5.97 Å². The van der Waals surface area contributed by atoms with Gasteiger partial charge in [0.15, 0.2) is 5.58 Å². The summed E-state index contributed by atoms with van der Waals surface area (Å²) in [6.07, 6.45) is 0. The third-order valence-electron chi connectivity index (χ3n) is 3.03. The Morgan fingerprint density at radius 2 is 2.10 bits per heavy atom. The fourth-order valence-corrected chi connectivity index (χ4v) is 2.78. The molecule has 0 aliphatic heterocycles. The highest BCUT2D eigenvalue weighted by Crippen LogP contribution is 2.35. The molecule has 6 nitrogen and oxygen atoms in total. The fraction of sp³-hybridized carbons (Fsp3) is 0.286. The lowest BCUT2D eigenvalue weighted by molar-refractivity contribution is 0.0697. The molecule has 0 atom stereocenters. The molecule has 3 aromatic rings. The Kier molecular flexibility index (Phi) is 3.02. The van der Waals surface area contributed by atoms with Gasteiger partial charge in [-0.25, -0.2) is 9.78 Å². The maximum absolute atomic E-state index is 11.0. The van der Waals surface area contributed by atoms with Crippen LogP contribution in [-0.2, 0) is 5.41 Å². The number of benzene rings is 1. The first kappa shape index (κ1) is 13.7. The standard InChI is InChI=1S/C14H13N3O3S/c1-14(2,3)11-10(21-17-16-11)12-15-8-5-4-7(13(18)19)6-9(8)20-12/h4-6H,1-3H3,(H,18,19). The molecule has 1 N–H and O–H groups in total. The molecule has 0 saturated carbocycles. The monoisotopic (exact) mass is 303 g/mol. The summed E-state index contributed by atoms with van der Waals surface area (Å²) in [7, 11) is 0. The number of carboxylic acid groups (broad SMARTS) is 1. The number of rotatable bonds is 2. The first-order valence-electron chi connectivity index (χ1n) is 6.33. The van der Waals surface area contributed by atoms with Crippen LogP contribution in [0, 0.1) is 0 Å². The van der Waals surface area contributed by atoms with Gasteiger partial charge in [0, 0.05) is 5.41 Å². The van der Waals surface area contributed by atoms with Crippen molar-refractivity contribution >= 4 is 28.6 Å². The average Bonchev–Trinajstić information content (AvgIpc) is 3.03. The first-order valence-corrected chi connectivity index (χ1v) is 7.10. The van der Waals surface area contributed by atoms with Crippen LogP contribution >= 0.6 is 11.5 Å². The van der Waals surface area contributed by atoms with Gasteiger partial charge in [0.2, 0.25) is 5.89 Å². The zero-order valence-electron chi connectivity index (χ0n) is 11.7. The van der Waals surface area contributed by atoms with Crippen LogP contribution in [0.15, 0.2) is 22.6 Å². The van der Waals surface area contributed by atoms with Crippen molar-refractivity contribution < 1.29 is 14.3 Å². The summed E-state index contributed by atoms with van der Waals surface area (Å²) in [5.41, 5.74) is 1.87. The van der Waals surface area contributed by atoms with Crippen molar-refractivity contribution in [2.24, 2.45) is 0 Å². The van der Waals surface area contributed by atoms with E-state index < -0.39 is 5.97 Å². The number of hydrogen-bond acceptors (Lipinski definition) is 6. The maximum Gasteiger partial charge on any atom is 0.335 e. The molecule has 0 saturated heterocycles. The molecular weight excluding hydrogens is 290 g/mol. The fourth-order valence-electron chi connectivity index (χ4n) is 1.98. The highest BCUT2D eigenvalue weighted by atomic mass is 32.1. The van der Waals surface area contributed by atoms with Crippen molar-refractivity contribution in [1.82, 2.24) is 14.6 Å². The predicted octanol–water partition coefficient (Wildman–Crippen LogP) is 3.34. The van der Waals surface area contributed by atoms with Crippen LogP contribution in [0.2, 0.25) is 0 Å². The number of hydrogen-bond donors (Lipinski definition) is 1. The Morgan fingerprint density at radius 1 is 1.33 bits per heavy atom. The second-order valence-electron chi connectivity index (χ2n) is 5.71. The van der Waals surface area contributed by atoms with E-state index in [4.69, 9.17) is 9.52 Å². The largest absolute Gasteiger partial charge is 0.478 e. The van der Waals surface area contributed by atoms with Crippen molar-refractivity contribution in [2.75, 3.05) is 0 Å². The van der Waals surface area contributed by atoms with Crippen molar-refractivity contribution in [3.05, 3.63) is 29.5 Å². The van der Waals surface area contributed by atoms with Gasteiger partial charge in [-0.3, -0.25) is 0 Å². The molecule has 0 aliphatic rings. The highest BCUT2D eigenvalue weighted by molar-refractivity contribution is 7.09. The Hall–Kier alpha value is -2.28. The lowest BCUT2D eigenvalue weighted by Gasteiger charge is -2.15. The van der Waals surface area contributed by atoms with E-state index >= 15 is 0 Å². The van der Waals surface area contributed by atoms with Crippen LogP contribution in [-0.4, -0.2) is 25.6 Å². The predicted molar refractivity (Wildman–Crippen MR) is 78.6 cm³/mol.